The molecule has 0 amide bonds. The molecule has 2 bridgehead atoms. The molecule has 158 valence electrons. The van der Waals surface area contributed by atoms with Crippen LogP contribution in [0.3, 0.4) is 0 Å². The van der Waals surface area contributed by atoms with Crippen LogP contribution in [0.5, 0.6) is 0 Å². The molecular weight excluding hydrogens is 409 g/mol. The highest BCUT2D eigenvalue weighted by molar-refractivity contribution is 7.97. The number of hydrogen-bond donors (Lipinski definition) is 1. The average Bonchev–Trinajstić information content (AvgIpc) is 2.65. The average molecular weight is 430 g/mol. The Labute approximate surface area is 170 Å². The van der Waals surface area contributed by atoms with Crippen molar-refractivity contribution in [3.05, 3.63) is 16.4 Å². The number of morpholine rings is 1. The Morgan fingerprint density at radius 1 is 1.24 bits per heavy atom. The van der Waals surface area contributed by atoms with Crippen molar-refractivity contribution in [2.75, 3.05) is 36.1 Å². The predicted molar refractivity (Wildman–Crippen MR) is 106 cm³/mol. The number of rotatable bonds is 0. The van der Waals surface area contributed by atoms with Crippen LogP contribution < -0.4 is 15.4 Å². The van der Waals surface area contributed by atoms with Crippen molar-refractivity contribution in [3.63, 3.8) is 0 Å². The van der Waals surface area contributed by atoms with Crippen molar-refractivity contribution >= 4 is 35.2 Å². The van der Waals surface area contributed by atoms with E-state index in [1.54, 1.807) is 6.92 Å². The van der Waals surface area contributed by atoms with E-state index in [9.17, 15) is 18.0 Å². The Morgan fingerprint density at radius 2 is 2.03 bits per heavy atom. The Kier molecular flexibility index (Phi) is 5.32. The molecule has 0 aromatic carbocycles. The molecule has 0 aliphatic carbocycles. The van der Waals surface area contributed by atoms with Gasteiger partial charge in [-0.15, -0.1) is 17.7 Å². The Morgan fingerprint density at radius 3 is 2.79 bits per heavy atom. The van der Waals surface area contributed by atoms with Crippen molar-refractivity contribution in [1.82, 2.24) is 9.55 Å². The summed E-state index contributed by atoms with van der Waals surface area (Å²) in [5.74, 6) is 0.336. The molecule has 1 fully saturated rings. The molecule has 3 aliphatic rings. The zero-order chi connectivity index (χ0) is 20.8. The largest absolute Gasteiger partial charge is 0.408 e. The number of ether oxygens (including phenoxy) is 1. The van der Waals surface area contributed by atoms with Crippen molar-refractivity contribution in [1.29, 1.82) is 0 Å². The third-order valence-electron chi connectivity index (χ3n) is 5.31. The minimum atomic E-state index is -4.48. The molecule has 0 radical (unpaired) electrons. The molecule has 29 heavy (non-hydrogen) atoms. The smallest absolute Gasteiger partial charge is 0.377 e. The Hall–Kier alpha value is -2.08. The molecule has 3 aliphatic heterocycles. The fourth-order valence-corrected chi connectivity index (χ4v) is 4.16. The number of alkyl halides is 3. The van der Waals surface area contributed by atoms with Gasteiger partial charge in [0.2, 0.25) is 5.95 Å². The number of aromatic nitrogens is 2. The van der Waals surface area contributed by atoms with Crippen LogP contribution in [0.2, 0.25) is 0 Å². The zero-order valence-corrected chi connectivity index (χ0v) is 16.7. The van der Waals surface area contributed by atoms with E-state index in [2.05, 4.69) is 27.8 Å². The SMILES string of the molecule is C/C1=N/N=C(\S)CN2c3nc(cc(=O)n3CC[C@H]2C(F)(F)F)N2CCOC[C@H]2C1. The van der Waals surface area contributed by atoms with Crippen molar-refractivity contribution < 1.29 is 17.9 Å². The second-order valence-corrected chi connectivity index (χ2v) is 7.87. The van der Waals surface area contributed by atoms with E-state index in [0.717, 1.165) is 4.90 Å². The van der Waals surface area contributed by atoms with Gasteiger partial charge in [0, 0.05) is 31.3 Å². The number of anilines is 2. The van der Waals surface area contributed by atoms with E-state index in [4.69, 9.17) is 4.74 Å². The molecule has 2 atom stereocenters. The number of halogens is 3. The molecule has 4 rings (SSSR count). The molecule has 1 aromatic heterocycles. The number of hydrogen-bond acceptors (Lipinski definition) is 7. The van der Waals surface area contributed by atoms with Gasteiger partial charge in [0.05, 0.1) is 25.8 Å². The van der Waals surface area contributed by atoms with E-state index in [1.807, 2.05) is 4.90 Å². The summed E-state index contributed by atoms with van der Waals surface area (Å²) in [6.07, 6.45) is -4.20. The number of nitrogens with zero attached hydrogens (tertiary/aromatic N) is 6. The van der Waals surface area contributed by atoms with Gasteiger partial charge in [-0.05, 0) is 13.3 Å². The van der Waals surface area contributed by atoms with Crippen LogP contribution in [0.25, 0.3) is 0 Å². The Bertz CT molecular complexity index is 915. The van der Waals surface area contributed by atoms with Crippen LogP contribution in [0, 0.1) is 0 Å². The maximum absolute atomic E-state index is 13.7. The van der Waals surface area contributed by atoms with E-state index in [-0.39, 0.29) is 42.1 Å². The van der Waals surface area contributed by atoms with E-state index >= 15 is 0 Å². The molecule has 4 heterocycles. The second kappa shape index (κ2) is 7.63. The van der Waals surface area contributed by atoms with E-state index in [0.29, 0.717) is 37.7 Å². The van der Waals surface area contributed by atoms with Crippen LogP contribution in [-0.2, 0) is 11.3 Å². The Balaban J connectivity index is 1.89. The minimum absolute atomic E-state index is 0.0191. The van der Waals surface area contributed by atoms with Gasteiger partial charge in [0.15, 0.2) is 0 Å². The first-order valence-electron chi connectivity index (χ1n) is 9.32. The van der Waals surface area contributed by atoms with Gasteiger partial charge < -0.3 is 14.5 Å². The van der Waals surface area contributed by atoms with Crippen molar-refractivity contribution in [2.45, 2.75) is 44.6 Å². The predicted octanol–water partition coefficient (Wildman–Crippen LogP) is 1.70. The molecule has 8 nitrogen and oxygen atoms in total. The van der Waals surface area contributed by atoms with Gasteiger partial charge >= 0.3 is 6.18 Å². The summed E-state index contributed by atoms with van der Waals surface area (Å²) in [6, 6.07) is -0.534. The van der Waals surface area contributed by atoms with Crippen LogP contribution in [0.4, 0.5) is 24.9 Å². The lowest BCUT2D eigenvalue weighted by atomic mass is 10.1. The highest BCUT2D eigenvalue weighted by atomic mass is 32.1. The fourth-order valence-electron chi connectivity index (χ4n) is 3.96. The van der Waals surface area contributed by atoms with E-state index < -0.39 is 12.2 Å². The number of thiol groups is 1. The summed E-state index contributed by atoms with van der Waals surface area (Å²) < 4.78 is 48.0. The van der Waals surface area contributed by atoms with Gasteiger partial charge in [-0.2, -0.15) is 23.3 Å². The van der Waals surface area contributed by atoms with Gasteiger partial charge in [-0.25, -0.2) is 0 Å². The van der Waals surface area contributed by atoms with Crippen molar-refractivity contribution in [2.24, 2.45) is 10.2 Å². The standard InChI is InChI=1S/C17H21F3N6O2S/c1-10-6-11-9-28-5-4-24(11)13-7-15(27)25-3-2-12(17(18,19)20)26(16(25)21-13)8-14(29)23-22-10/h7,11-12H,2-6,8-9H2,1H3,(H,23,29)/b22-10-/t11-,12+/m1/s1. The zero-order valence-electron chi connectivity index (χ0n) is 15.8. The van der Waals surface area contributed by atoms with Crippen LogP contribution in [-0.4, -0.2) is 64.9 Å². The summed E-state index contributed by atoms with van der Waals surface area (Å²) in [4.78, 5) is 20.2. The van der Waals surface area contributed by atoms with Gasteiger partial charge in [-0.1, -0.05) is 0 Å². The first kappa shape index (κ1) is 20.2. The lowest BCUT2D eigenvalue weighted by molar-refractivity contribution is -0.152. The van der Waals surface area contributed by atoms with Gasteiger partial charge in [-0.3, -0.25) is 9.36 Å². The molecule has 0 unspecified atom stereocenters. The molecule has 0 N–H and O–H groups in total. The summed E-state index contributed by atoms with van der Waals surface area (Å²) >= 11 is 4.23. The summed E-state index contributed by atoms with van der Waals surface area (Å²) in [5, 5.41) is 8.24. The molecular formula is C17H21F3N6O2S. The lowest BCUT2D eigenvalue weighted by Crippen LogP contribution is -2.54. The summed E-state index contributed by atoms with van der Waals surface area (Å²) in [7, 11) is 0. The highest BCUT2D eigenvalue weighted by Gasteiger charge is 2.47. The maximum Gasteiger partial charge on any atom is 0.408 e. The summed E-state index contributed by atoms with van der Waals surface area (Å²) in [5.41, 5.74) is 0.318. The molecule has 0 spiro atoms. The first-order valence-corrected chi connectivity index (χ1v) is 9.77. The maximum atomic E-state index is 13.7. The topological polar surface area (TPSA) is 75.3 Å². The van der Waals surface area contributed by atoms with Crippen molar-refractivity contribution in [3.8, 4) is 0 Å². The highest BCUT2D eigenvalue weighted by Crippen LogP contribution is 2.34. The van der Waals surface area contributed by atoms with Crippen LogP contribution in [0.15, 0.2) is 21.1 Å². The van der Waals surface area contributed by atoms with Crippen LogP contribution >= 0.6 is 12.6 Å². The van der Waals surface area contributed by atoms with Crippen LogP contribution in [0.1, 0.15) is 19.8 Å². The fraction of sp³-hybridized carbons (Fsp3) is 0.647. The third kappa shape index (κ3) is 4.00. The van der Waals surface area contributed by atoms with E-state index in [1.165, 1.54) is 10.6 Å². The minimum Gasteiger partial charge on any atom is -0.377 e. The lowest BCUT2D eigenvalue weighted by Gasteiger charge is -2.41. The van der Waals surface area contributed by atoms with Gasteiger partial charge in [0.25, 0.3) is 5.56 Å². The second-order valence-electron chi connectivity index (χ2n) is 7.36. The molecule has 1 aromatic rings. The molecule has 0 saturated carbocycles. The van der Waals surface area contributed by atoms with Gasteiger partial charge in [0.1, 0.15) is 16.9 Å². The monoisotopic (exact) mass is 430 g/mol. The molecule has 12 heteroatoms. The third-order valence-corrected chi connectivity index (χ3v) is 5.54. The normalized spacial score (nSPS) is 29.0. The molecule has 1 saturated heterocycles. The first-order chi connectivity index (χ1) is 13.7. The number of fused-ring (bicyclic) bond motifs is 3. The quantitative estimate of drug-likeness (QED) is 0.635. The summed E-state index contributed by atoms with van der Waals surface area (Å²) in [6.45, 7) is 2.83.